The van der Waals surface area contributed by atoms with Gasteiger partial charge in [0.1, 0.15) is 0 Å². The van der Waals surface area contributed by atoms with Crippen molar-refractivity contribution in [2.75, 3.05) is 17.6 Å². The van der Waals surface area contributed by atoms with Crippen LogP contribution in [-0.4, -0.2) is 43.5 Å². The highest BCUT2D eigenvalue weighted by atomic mass is 32.2. The number of hydrogen-bond donors (Lipinski definition) is 1. The van der Waals surface area contributed by atoms with E-state index < -0.39 is 9.84 Å². The Labute approximate surface area is 165 Å². The Hall–Kier alpha value is -2.67. The van der Waals surface area contributed by atoms with Gasteiger partial charge in [-0.15, -0.1) is 0 Å². The second kappa shape index (κ2) is 8.56. The number of benzene rings is 2. The van der Waals surface area contributed by atoms with E-state index in [1.165, 1.54) is 6.92 Å². The van der Waals surface area contributed by atoms with Crippen molar-refractivity contribution >= 4 is 27.3 Å². The molecule has 2 aromatic carbocycles. The largest absolute Gasteiger partial charge is 0.338 e. The first-order chi connectivity index (χ1) is 13.3. The Morgan fingerprint density at radius 2 is 1.75 bits per heavy atom. The third-order valence-electron chi connectivity index (χ3n) is 4.84. The third kappa shape index (κ3) is 4.98. The molecule has 1 N–H and O–H groups in total. The fourth-order valence-electron chi connectivity index (χ4n) is 3.50. The van der Waals surface area contributed by atoms with Gasteiger partial charge in [0, 0.05) is 25.2 Å². The van der Waals surface area contributed by atoms with Gasteiger partial charge in [0.05, 0.1) is 17.1 Å². The number of sulfone groups is 1. The number of nitrogens with zero attached hydrogens (tertiary/aromatic N) is 1. The Morgan fingerprint density at radius 3 is 2.39 bits per heavy atom. The maximum absolute atomic E-state index is 12.8. The van der Waals surface area contributed by atoms with Crippen LogP contribution >= 0.6 is 0 Å². The van der Waals surface area contributed by atoms with Gasteiger partial charge in [-0.25, -0.2) is 8.42 Å². The number of rotatable bonds is 6. The lowest BCUT2D eigenvalue weighted by atomic mass is 10.1. The van der Waals surface area contributed by atoms with Gasteiger partial charge in [-0.05, 0) is 42.7 Å². The summed E-state index contributed by atoms with van der Waals surface area (Å²) < 4.78 is 25.3. The molecule has 1 aliphatic rings. The first kappa shape index (κ1) is 20.1. The topological polar surface area (TPSA) is 83.6 Å². The lowest BCUT2D eigenvalue weighted by Crippen LogP contribution is -2.40. The predicted molar refractivity (Wildman–Crippen MR) is 108 cm³/mol. The number of carbonyl (C=O) groups is 2. The minimum Gasteiger partial charge on any atom is -0.338 e. The Kier molecular flexibility index (Phi) is 6.14. The fourth-order valence-corrected chi connectivity index (χ4v) is 5.12. The van der Waals surface area contributed by atoms with Crippen molar-refractivity contribution in [1.29, 1.82) is 0 Å². The van der Waals surface area contributed by atoms with Gasteiger partial charge in [0.25, 0.3) is 0 Å². The molecule has 0 aliphatic carbocycles. The van der Waals surface area contributed by atoms with Crippen molar-refractivity contribution in [3.05, 3.63) is 60.2 Å². The zero-order valence-corrected chi connectivity index (χ0v) is 16.6. The number of hydrogen-bond acceptors (Lipinski definition) is 4. The van der Waals surface area contributed by atoms with Crippen LogP contribution in [0, 0.1) is 0 Å². The highest BCUT2D eigenvalue weighted by Crippen LogP contribution is 2.23. The number of amides is 2. The monoisotopic (exact) mass is 400 g/mol. The average Bonchev–Trinajstić information content (AvgIpc) is 3.11. The summed E-state index contributed by atoms with van der Waals surface area (Å²) in [7, 11) is -3.43. The molecule has 3 rings (SSSR count). The van der Waals surface area contributed by atoms with Crippen molar-refractivity contribution in [3.8, 4) is 0 Å². The van der Waals surface area contributed by atoms with Crippen LogP contribution in [0.1, 0.15) is 25.3 Å². The van der Waals surface area contributed by atoms with Crippen molar-refractivity contribution in [2.24, 2.45) is 0 Å². The highest BCUT2D eigenvalue weighted by molar-refractivity contribution is 7.91. The molecule has 0 spiro atoms. The number of likely N-dealkylation sites (tertiary alicyclic amines) is 1. The van der Waals surface area contributed by atoms with Gasteiger partial charge in [0.2, 0.25) is 11.8 Å². The zero-order chi connectivity index (χ0) is 20.1. The van der Waals surface area contributed by atoms with E-state index in [0.717, 1.165) is 12.0 Å². The van der Waals surface area contributed by atoms with Crippen molar-refractivity contribution in [3.63, 3.8) is 0 Å². The van der Waals surface area contributed by atoms with Crippen LogP contribution in [-0.2, 0) is 25.8 Å². The van der Waals surface area contributed by atoms with E-state index in [1.54, 1.807) is 59.5 Å². The van der Waals surface area contributed by atoms with E-state index in [-0.39, 0.29) is 30.0 Å². The second-order valence-electron chi connectivity index (χ2n) is 7.03. The summed E-state index contributed by atoms with van der Waals surface area (Å²) in [5.41, 5.74) is 1.51. The number of nitrogens with one attached hydrogen (secondary N) is 1. The van der Waals surface area contributed by atoms with E-state index in [1.807, 2.05) is 0 Å². The molecule has 1 heterocycles. The molecule has 0 radical (unpaired) electrons. The summed E-state index contributed by atoms with van der Waals surface area (Å²) in [6.45, 7) is 2.02. The average molecular weight is 401 g/mol. The summed E-state index contributed by atoms with van der Waals surface area (Å²) in [5, 5.41) is 2.69. The Morgan fingerprint density at radius 1 is 1.07 bits per heavy atom. The van der Waals surface area contributed by atoms with E-state index in [2.05, 4.69) is 5.32 Å². The molecule has 0 saturated carbocycles. The predicted octanol–water partition coefficient (Wildman–Crippen LogP) is 2.65. The van der Waals surface area contributed by atoms with Crippen molar-refractivity contribution in [1.82, 2.24) is 4.90 Å². The summed E-state index contributed by atoms with van der Waals surface area (Å²) >= 11 is 0. The molecular formula is C21H24N2O4S. The van der Waals surface area contributed by atoms with E-state index in [0.29, 0.717) is 23.5 Å². The number of anilines is 1. The molecule has 148 valence electrons. The van der Waals surface area contributed by atoms with Gasteiger partial charge in [-0.3, -0.25) is 9.59 Å². The third-order valence-corrected chi connectivity index (χ3v) is 6.66. The standard InChI is InChI=1S/C21H24N2O4S/c1-16(24)22-18-11-9-17(10-12-18)14-21(25)23-13-5-6-19(23)15-28(26,27)20-7-3-2-4-8-20/h2-4,7-12,19H,5-6,13-15H2,1H3,(H,22,24). The fraction of sp³-hybridized carbons (Fsp3) is 0.333. The molecule has 2 amide bonds. The molecule has 2 aromatic rings. The molecule has 6 nitrogen and oxygen atoms in total. The van der Waals surface area contributed by atoms with Crippen LogP contribution < -0.4 is 5.32 Å². The van der Waals surface area contributed by atoms with Crippen LogP contribution in [0.2, 0.25) is 0 Å². The molecule has 1 aliphatic heterocycles. The molecular weight excluding hydrogens is 376 g/mol. The first-order valence-corrected chi connectivity index (χ1v) is 10.9. The number of carbonyl (C=O) groups excluding carboxylic acids is 2. The molecule has 0 aromatic heterocycles. The molecule has 7 heteroatoms. The first-order valence-electron chi connectivity index (χ1n) is 9.29. The van der Waals surface area contributed by atoms with Crippen molar-refractivity contribution in [2.45, 2.75) is 37.1 Å². The van der Waals surface area contributed by atoms with Gasteiger partial charge >= 0.3 is 0 Å². The van der Waals surface area contributed by atoms with Crippen molar-refractivity contribution < 1.29 is 18.0 Å². The van der Waals surface area contributed by atoms with Gasteiger partial charge in [0.15, 0.2) is 9.84 Å². The summed E-state index contributed by atoms with van der Waals surface area (Å²) in [6.07, 6.45) is 1.71. The van der Waals surface area contributed by atoms with E-state index in [4.69, 9.17) is 0 Å². The molecule has 1 atom stereocenters. The molecule has 1 unspecified atom stereocenters. The second-order valence-corrected chi connectivity index (χ2v) is 9.07. The Balaban J connectivity index is 1.65. The highest BCUT2D eigenvalue weighted by Gasteiger charge is 2.32. The minimum atomic E-state index is -3.43. The molecule has 28 heavy (non-hydrogen) atoms. The van der Waals surface area contributed by atoms with E-state index >= 15 is 0 Å². The molecule has 1 saturated heterocycles. The van der Waals surface area contributed by atoms with Gasteiger partial charge < -0.3 is 10.2 Å². The smallest absolute Gasteiger partial charge is 0.227 e. The van der Waals surface area contributed by atoms with Gasteiger partial charge in [-0.2, -0.15) is 0 Å². The van der Waals surface area contributed by atoms with Crippen LogP contribution in [0.5, 0.6) is 0 Å². The maximum atomic E-state index is 12.8. The minimum absolute atomic E-state index is 0.0514. The maximum Gasteiger partial charge on any atom is 0.227 e. The normalized spacial score (nSPS) is 16.8. The SMILES string of the molecule is CC(=O)Nc1ccc(CC(=O)N2CCCC2CS(=O)(=O)c2ccccc2)cc1. The van der Waals surface area contributed by atoms with Crippen LogP contribution in [0.25, 0.3) is 0 Å². The van der Waals surface area contributed by atoms with Crippen LogP contribution in [0.3, 0.4) is 0 Å². The van der Waals surface area contributed by atoms with Crippen LogP contribution in [0.4, 0.5) is 5.69 Å². The van der Waals surface area contributed by atoms with E-state index in [9.17, 15) is 18.0 Å². The van der Waals surface area contributed by atoms with Gasteiger partial charge in [-0.1, -0.05) is 30.3 Å². The van der Waals surface area contributed by atoms with Crippen LogP contribution in [0.15, 0.2) is 59.5 Å². The summed E-state index contributed by atoms with van der Waals surface area (Å²) in [5.74, 6) is -0.272. The summed E-state index contributed by atoms with van der Waals surface area (Å²) in [4.78, 5) is 25.8. The summed E-state index contributed by atoms with van der Waals surface area (Å²) in [6, 6.07) is 15.2. The Bertz CT molecular complexity index is 940. The quantitative estimate of drug-likeness (QED) is 0.808. The molecule has 0 bridgehead atoms. The zero-order valence-electron chi connectivity index (χ0n) is 15.8. The molecule has 1 fully saturated rings. The lowest BCUT2D eigenvalue weighted by Gasteiger charge is -2.25. The lowest BCUT2D eigenvalue weighted by molar-refractivity contribution is -0.130.